The molecule has 0 bridgehead atoms. The number of nitrogens with zero attached hydrogens (tertiary/aromatic N) is 2. The van der Waals surface area contributed by atoms with Gasteiger partial charge < -0.3 is 9.64 Å². The highest BCUT2D eigenvalue weighted by Crippen LogP contribution is 2.26. The quantitative estimate of drug-likeness (QED) is 0.754. The van der Waals surface area contributed by atoms with Gasteiger partial charge in [-0.2, -0.15) is 11.8 Å². The lowest BCUT2D eigenvalue weighted by atomic mass is 10.1. The first kappa shape index (κ1) is 19.6. The fraction of sp³-hybridized carbons (Fsp3) is 0.667. The Bertz CT molecular complexity index is 581. The Balaban J connectivity index is 1.60. The van der Waals surface area contributed by atoms with E-state index in [2.05, 4.69) is 18.1 Å². The summed E-state index contributed by atoms with van der Waals surface area (Å²) in [6.45, 7) is 6.21. The van der Waals surface area contributed by atoms with Crippen LogP contribution in [0.5, 0.6) is 5.75 Å². The van der Waals surface area contributed by atoms with Gasteiger partial charge in [0.2, 0.25) is 0 Å². The van der Waals surface area contributed by atoms with Crippen molar-refractivity contribution in [3.63, 3.8) is 0 Å². The van der Waals surface area contributed by atoms with Crippen LogP contribution in [0.15, 0.2) is 24.3 Å². The molecule has 1 amide bonds. The molecule has 0 unspecified atom stereocenters. The highest BCUT2D eigenvalue weighted by atomic mass is 32.2. The van der Waals surface area contributed by atoms with Crippen LogP contribution in [-0.4, -0.2) is 66.0 Å². The van der Waals surface area contributed by atoms with Gasteiger partial charge in [-0.3, -0.25) is 9.69 Å². The molecule has 2 fully saturated rings. The Labute approximate surface area is 162 Å². The van der Waals surface area contributed by atoms with Crippen molar-refractivity contribution < 1.29 is 9.53 Å². The summed E-state index contributed by atoms with van der Waals surface area (Å²) in [5.41, 5.74) is 0.729. The zero-order valence-corrected chi connectivity index (χ0v) is 17.0. The van der Waals surface area contributed by atoms with Crippen molar-refractivity contribution in [2.75, 3.05) is 38.2 Å². The van der Waals surface area contributed by atoms with E-state index in [1.54, 1.807) is 0 Å². The third kappa shape index (κ3) is 4.95. The number of para-hydroxylation sites is 1. The second-order valence-corrected chi connectivity index (χ2v) is 8.42. The lowest BCUT2D eigenvalue weighted by Gasteiger charge is -2.36. The van der Waals surface area contributed by atoms with E-state index >= 15 is 0 Å². The van der Waals surface area contributed by atoms with Crippen molar-refractivity contribution in [3.8, 4) is 5.75 Å². The van der Waals surface area contributed by atoms with Crippen LogP contribution in [0.2, 0.25) is 0 Å². The largest absolute Gasteiger partial charge is 0.489 e. The van der Waals surface area contributed by atoms with Gasteiger partial charge in [0.05, 0.1) is 5.56 Å². The van der Waals surface area contributed by atoms with E-state index in [9.17, 15) is 4.79 Å². The molecular weight excluding hydrogens is 344 g/mol. The van der Waals surface area contributed by atoms with Crippen LogP contribution in [0.25, 0.3) is 0 Å². The fourth-order valence-electron chi connectivity index (χ4n) is 3.97. The molecule has 1 aromatic carbocycles. The molecule has 3 rings (SSSR count). The number of thioether (sulfide) groups is 1. The van der Waals surface area contributed by atoms with Crippen molar-refractivity contribution in [1.82, 2.24) is 9.80 Å². The van der Waals surface area contributed by atoms with Crippen molar-refractivity contribution in [3.05, 3.63) is 29.8 Å². The van der Waals surface area contributed by atoms with Crippen LogP contribution in [0.1, 0.15) is 49.4 Å². The molecule has 4 nitrogen and oxygen atoms in total. The van der Waals surface area contributed by atoms with Crippen LogP contribution < -0.4 is 4.74 Å². The molecular formula is C21H32N2O2S. The number of amides is 1. The first-order valence-corrected chi connectivity index (χ1v) is 11.4. The average molecular weight is 377 g/mol. The number of hydrogen-bond donors (Lipinski definition) is 0. The predicted octanol–water partition coefficient (Wildman–Crippen LogP) is 3.91. The summed E-state index contributed by atoms with van der Waals surface area (Å²) in [7, 11) is 0. The molecule has 26 heavy (non-hydrogen) atoms. The summed E-state index contributed by atoms with van der Waals surface area (Å²) < 4.78 is 6.31. The van der Waals surface area contributed by atoms with E-state index in [0.717, 1.165) is 63.2 Å². The van der Waals surface area contributed by atoms with Crippen LogP contribution >= 0.6 is 11.8 Å². The minimum atomic E-state index is 0.131. The Morgan fingerprint density at radius 1 is 1.15 bits per heavy atom. The van der Waals surface area contributed by atoms with Crippen molar-refractivity contribution in [2.45, 2.75) is 51.2 Å². The van der Waals surface area contributed by atoms with Gasteiger partial charge in [0, 0.05) is 38.0 Å². The zero-order chi connectivity index (χ0) is 18.4. The normalized spacial score (nSPS) is 20.8. The molecule has 5 heteroatoms. The van der Waals surface area contributed by atoms with Gasteiger partial charge in [-0.05, 0) is 57.4 Å². The average Bonchev–Trinajstić information content (AvgIpc) is 2.69. The maximum atomic E-state index is 12.9. The number of carbonyl (C=O) groups excluding carboxylic acids is 1. The maximum Gasteiger partial charge on any atom is 0.257 e. The second-order valence-electron chi connectivity index (χ2n) is 7.51. The fourth-order valence-corrected chi connectivity index (χ4v) is 4.67. The zero-order valence-electron chi connectivity index (χ0n) is 16.2. The van der Waals surface area contributed by atoms with E-state index in [1.807, 2.05) is 40.9 Å². The summed E-state index contributed by atoms with van der Waals surface area (Å²) in [6, 6.07) is 8.41. The summed E-state index contributed by atoms with van der Waals surface area (Å²) >= 11 is 1.91. The number of piperidine rings is 2. The number of ether oxygens (including phenoxy) is 1. The van der Waals surface area contributed by atoms with E-state index in [0.29, 0.717) is 6.04 Å². The molecule has 0 saturated carbocycles. The number of carbonyl (C=O) groups is 1. The second kappa shape index (κ2) is 9.65. The van der Waals surface area contributed by atoms with E-state index in [4.69, 9.17) is 4.74 Å². The third-order valence-electron chi connectivity index (χ3n) is 5.56. The first-order valence-electron chi connectivity index (χ1n) is 9.97. The van der Waals surface area contributed by atoms with E-state index in [-0.39, 0.29) is 12.0 Å². The minimum absolute atomic E-state index is 0.131. The number of benzene rings is 1. The van der Waals surface area contributed by atoms with Crippen molar-refractivity contribution >= 4 is 17.7 Å². The summed E-state index contributed by atoms with van der Waals surface area (Å²) in [6.07, 6.45) is 7.90. The van der Waals surface area contributed by atoms with E-state index < -0.39 is 0 Å². The van der Waals surface area contributed by atoms with Crippen LogP contribution in [0, 0.1) is 0 Å². The lowest BCUT2D eigenvalue weighted by Crippen LogP contribution is -2.44. The molecule has 2 aliphatic heterocycles. The van der Waals surface area contributed by atoms with Crippen molar-refractivity contribution in [2.24, 2.45) is 0 Å². The topological polar surface area (TPSA) is 32.8 Å². The molecule has 0 aromatic heterocycles. The molecule has 1 aromatic rings. The van der Waals surface area contributed by atoms with Gasteiger partial charge in [-0.1, -0.05) is 12.1 Å². The molecule has 0 N–H and O–H groups in total. The first-order chi connectivity index (χ1) is 12.7. The van der Waals surface area contributed by atoms with Gasteiger partial charge in [0.25, 0.3) is 5.91 Å². The number of hydrogen-bond acceptors (Lipinski definition) is 4. The summed E-state index contributed by atoms with van der Waals surface area (Å²) in [5.74, 6) is 2.07. The summed E-state index contributed by atoms with van der Waals surface area (Å²) in [5, 5.41) is 0. The standard InChI is InChI=1S/C21H32N2O2S/c1-17(16-26-2)22-14-10-18(11-15-22)25-20-9-5-4-8-19(20)21(24)23-12-6-3-7-13-23/h4-5,8-9,17-18H,3,6-7,10-16H2,1-2H3/t17-/m1/s1. The van der Waals surface area contributed by atoms with Gasteiger partial charge in [0.15, 0.2) is 0 Å². The van der Waals surface area contributed by atoms with Gasteiger partial charge in [-0.25, -0.2) is 0 Å². The number of likely N-dealkylation sites (tertiary alicyclic amines) is 2. The molecule has 0 aliphatic carbocycles. The molecule has 2 saturated heterocycles. The Hall–Kier alpha value is -1.20. The summed E-state index contributed by atoms with van der Waals surface area (Å²) in [4.78, 5) is 17.5. The van der Waals surface area contributed by atoms with Gasteiger partial charge in [0.1, 0.15) is 11.9 Å². The molecule has 0 radical (unpaired) electrons. The lowest BCUT2D eigenvalue weighted by molar-refractivity contribution is 0.0693. The SMILES string of the molecule is CSC[C@@H](C)N1CCC(Oc2ccccc2C(=O)N2CCCCC2)CC1. The third-order valence-corrected chi connectivity index (χ3v) is 6.38. The monoisotopic (exact) mass is 376 g/mol. The van der Waals surface area contributed by atoms with Gasteiger partial charge in [-0.15, -0.1) is 0 Å². The Morgan fingerprint density at radius 2 is 1.85 bits per heavy atom. The molecule has 1 atom stereocenters. The van der Waals surface area contributed by atoms with Crippen LogP contribution in [0.4, 0.5) is 0 Å². The highest BCUT2D eigenvalue weighted by molar-refractivity contribution is 7.98. The van der Waals surface area contributed by atoms with Crippen LogP contribution in [0.3, 0.4) is 0 Å². The molecule has 2 heterocycles. The maximum absolute atomic E-state index is 12.9. The molecule has 2 aliphatic rings. The highest BCUT2D eigenvalue weighted by Gasteiger charge is 2.26. The Kier molecular flexibility index (Phi) is 7.26. The molecule has 144 valence electrons. The Morgan fingerprint density at radius 3 is 2.54 bits per heavy atom. The predicted molar refractivity (Wildman–Crippen MR) is 109 cm³/mol. The smallest absolute Gasteiger partial charge is 0.257 e. The minimum Gasteiger partial charge on any atom is -0.489 e. The van der Waals surface area contributed by atoms with Crippen LogP contribution in [-0.2, 0) is 0 Å². The molecule has 0 spiro atoms. The number of rotatable bonds is 6. The van der Waals surface area contributed by atoms with E-state index in [1.165, 1.54) is 12.2 Å². The van der Waals surface area contributed by atoms with Gasteiger partial charge >= 0.3 is 0 Å². The van der Waals surface area contributed by atoms with Crippen molar-refractivity contribution in [1.29, 1.82) is 0 Å².